The number of nitrogens with one attached hydrogen (secondary N) is 1. The Morgan fingerprint density at radius 2 is 2.19 bits per heavy atom. The summed E-state index contributed by atoms with van der Waals surface area (Å²) in [6, 6.07) is 9.50. The average Bonchev–Trinajstić information content (AvgIpc) is 3.29. The molecule has 1 atom stereocenters. The topological polar surface area (TPSA) is 42.0 Å². The number of fused-ring (bicyclic) bond motifs is 1. The second-order valence-electron chi connectivity index (χ2n) is 5.77. The first-order valence-electron chi connectivity index (χ1n) is 7.53. The molecule has 1 aliphatic carbocycles. The maximum absolute atomic E-state index is 12.6. The number of carbonyl (C=O) groups is 1. The standard InChI is InChI=1S/C17H19ClN2O/c1-2-12(9-11-7-8-11)19-17(21)14-10-16(18)20-15-6-4-3-5-13(14)15/h3-6,10-12H,2,7-9H2,1H3,(H,19,21). The Morgan fingerprint density at radius 1 is 1.43 bits per heavy atom. The molecule has 0 radical (unpaired) electrons. The van der Waals surface area contributed by atoms with Crippen LogP contribution in [0.2, 0.25) is 5.15 Å². The monoisotopic (exact) mass is 302 g/mol. The van der Waals surface area contributed by atoms with Gasteiger partial charge in [-0.15, -0.1) is 0 Å². The van der Waals surface area contributed by atoms with E-state index in [4.69, 9.17) is 11.6 Å². The van der Waals surface area contributed by atoms with E-state index >= 15 is 0 Å². The van der Waals surface area contributed by atoms with Gasteiger partial charge < -0.3 is 5.32 Å². The van der Waals surface area contributed by atoms with Crippen molar-refractivity contribution >= 4 is 28.4 Å². The number of benzene rings is 1. The summed E-state index contributed by atoms with van der Waals surface area (Å²) >= 11 is 6.04. The van der Waals surface area contributed by atoms with Gasteiger partial charge in [0.1, 0.15) is 5.15 Å². The second kappa shape index (κ2) is 6.02. The molecule has 1 saturated carbocycles. The third kappa shape index (κ3) is 3.35. The molecule has 4 heteroatoms. The van der Waals surface area contributed by atoms with Crippen molar-refractivity contribution in [3.63, 3.8) is 0 Å². The number of hydrogen-bond acceptors (Lipinski definition) is 2. The lowest BCUT2D eigenvalue weighted by Crippen LogP contribution is -2.34. The number of aromatic nitrogens is 1. The van der Waals surface area contributed by atoms with Gasteiger partial charge >= 0.3 is 0 Å². The van der Waals surface area contributed by atoms with E-state index in [1.54, 1.807) is 6.07 Å². The van der Waals surface area contributed by atoms with Crippen molar-refractivity contribution in [2.75, 3.05) is 0 Å². The minimum atomic E-state index is -0.0528. The Labute approximate surface area is 129 Å². The van der Waals surface area contributed by atoms with Crippen molar-refractivity contribution in [1.82, 2.24) is 10.3 Å². The molecule has 0 spiro atoms. The maximum Gasteiger partial charge on any atom is 0.252 e. The number of nitrogens with zero attached hydrogens (tertiary/aromatic N) is 1. The summed E-state index contributed by atoms with van der Waals surface area (Å²) in [4.78, 5) is 16.8. The van der Waals surface area contributed by atoms with Gasteiger partial charge in [-0.3, -0.25) is 4.79 Å². The fourth-order valence-corrected chi connectivity index (χ4v) is 2.88. The van der Waals surface area contributed by atoms with Crippen LogP contribution in [0.4, 0.5) is 0 Å². The van der Waals surface area contributed by atoms with Gasteiger partial charge in [0.25, 0.3) is 5.91 Å². The summed E-state index contributed by atoms with van der Waals surface area (Å²) in [6.45, 7) is 2.12. The van der Waals surface area contributed by atoms with Crippen LogP contribution in [0.15, 0.2) is 30.3 Å². The maximum atomic E-state index is 12.6. The fourth-order valence-electron chi connectivity index (χ4n) is 2.68. The summed E-state index contributed by atoms with van der Waals surface area (Å²) in [5.74, 6) is 0.746. The van der Waals surface area contributed by atoms with Crippen LogP contribution in [0.25, 0.3) is 10.9 Å². The van der Waals surface area contributed by atoms with Gasteiger partial charge in [-0.05, 0) is 30.9 Å². The first kappa shape index (κ1) is 14.3. The van der Waals surface area contributed by atoms with E-state index in [0.717, 1.165) is 29.7 Å². The number of pyridine rings is 1. The summed E-state index contributed by atoms with van der Waals surface area (Å²) in [6.07, 6.45) is 4.64. The van der Waals surface area contributed by atoms with Crippen LogP contribution in [-0.4, -0.2) is 16.9 Å². The molecule has 1 unspecified atom stereocenters. The Morgan fingerprint density at radius 3 is 2.90 bits per heavy atom. The third-order valence-corrected chi connectivity index (χ3v) is 4.27. The van der Waals surface area contributed by atoms with Crippen LogP contribution in [0, 0.1) is 5.92 Å². The molecule has 1 fully saturated rings. The molecule has 1 heterocycles. The van der Waals surface area contributed by atoms with Gasteiger partial charge in [0.15, 0.2) is 0 Å². The molecule has 2 aromatic rings. The summed E-state index contributed by atoms with van der Waals surface area (Å²) in [7, 11) is 0. The zero-order valence-corrected chi connectivity index (χ0v) is 12.9. The summed E-state index contributed by atoms with van der Waals surface area (Å²) in [5.41, 5.74) is 1.37. The highest BCUT2D eigenvalue weighted by Crippen LogP contribution is 2.34. The Hall–Kier alpha value is -1.61. The molecule has 0 saturated heterocycles. The van der Waals surface area contributed by atoms with Crippen molar-refractivity contribution in [1.29, 1.82) is 0 Å². The van der Waals surface area contributed by atoms with E-state index in [0.29, 0.717) is 10.7 Å². The van der Waals surface area contributed by atoms with E-state index in [9.17, 15) is 4.79 Å². The molecule has 110 valence electrons. The van der Waals surface area contributed by atoms with E-state index in [1.807, 2.05) is 24.3 Å². The van der Waals surface area contributed by atoms with Crippen molar-refractivity contribution in [3.05, 3.63) is 41.0 Å². The first-order valence-corrected chi connectivity index (χ1v) is 7.91. The van der Waals surface area contributed by atoms with Gasteiger partial charge in [-0.2, -0.15) is 0 Å². The average molecular weight is 303 g/mol. The van der Waals surface area contributed by atoms with E-state index in [2.05, 4.69) is 17.2 Å². The lowest BCUT2D eigenvalue weighted by atomic mass is 10.1. The van der Waals surface area contributed by atoms with Gasteiger partial charge in [0.05, 0.1) is 11.1 Å². The molecule has 1 aliphatic rings. The molecule has 1 aromatic carbocycles. The zero-order chi connectivity index (χ0) is 14.8. The minimum Gasteiger partial charge on any atom is -0.349 e. The van der Waals surface area contributed by atoms with Gasteiger partial charge in [0.2, 0.25) is 0 Å². The molecule has 0 bridgehead atoms. The number of carbonyl (C=O) groups excluding carboxylic acids is 1. The molecular weight excluding hydrogens is 284 g/mol. The largest absolute Gasteiger partial charge is 0.349 e. The predicted molar refractivity (Wildman–Crippen MR) is 85.6 cm³/mol. The molecule has 3 rings (SSSR count). The third-order valence-electron chi connectivity index (χ3n) is 4.07. The van der Waals surface area contributed by atoms with Crippen LogP contribution in [0.3, 0.4) is 0 Å². The van der Waals surface area contributed by atoms with Gasteiger partial charge in [0, 0.05) is 11.4 Å². The Kier molecular flexibility index (Phi) is 4.11. The fraction of sp³-hybridized carbons (Fsp3) is 0.412. The lowest BCUT2D eigenvalue weighted by Gasteiger charge is -2.17. The van der Waals surface area contributed by atoms with E-state index < -0.39 is 0 Å². The molecule has 0 aliphatic heterocycles. The normalized spacial score (nSPS) is 15.9. The molecule has 21 heavy (non-hydrogen) atoms. The molecule has 1 N–H and O–H groups in total. The number of para-hydroxylation sites is 1. The minimum absolute atomic E-state index is 0.0528. The van der Waals surface area contributed by atoms with Crippen LogP contribution < -0.4 is 5.32 Å². The van der Waals surface area contributed by atoms with Crippen LogP contribution in [-0.2, 0) is 0 Å². The van der Waals surface area contributed by atoms with Crippen molar-refractivity contribution < 1.29 is 4.79 Å². The molecule has 1 aromatic heterocycles. The molecule has 3 nitrogen and oxygen atoms in total. The predicted octanol–water partition coefficient (Wildman–Crippen LogP) is 4.20. The van der Waals surface area contributed by atoms with Crippen molar-refractivity contribution in [2.45, 2.75) is 38.6 Å². The SMILES string of the molecule is CCC(CC1CC1)NC(=O)c1cc(Cl)nc2ccccc12. The number of amides is 1. The zero-order valence-electron chi connectivity index (χ0n) is 12.1. The summed E-state index contributed by atoms with van der Waals surface area (Å²) < 4.78 is 0. The van der Waals surface area contributed by atoms with Crippen LogP contribution >= 0.6 is 11.6 Å². The number of hydrogen-bond donors (Lipinski definition) is 1. The lowest BCUT2D eigenvalue weighted by molar-refractivity contribution is 0.0934. The van der Waals surface area contributed by atoms with Gasteiger partial charge in [-0.25, -0.2) is 4.98 Å². The number of rotatable bonds is 5. The molecule has 1 amide bonds. The highest BCUT2D eigenvalue weighted by molar-refractivity contribution is 6.30. The Bertz CT molecular complexity index is 667. The van der Waals surface area contributed by atoms with Crippen molar-refractivity contribution in [3.8, 4) is 0 Å². The highest BCUT2D eigenvalue weighted by atomic mass is 35.5. The first-order chi connectivity index (χ1) is 10.2. The smallest absolute Gasteiger partial charge is 0.252 e. The van der Waals surface area contributed by atoms with Crippen molar-refractivity contribution in [2.24, 2.45) is 5.92 Å². The van der Waals surface area contributed by atoms with E-state index in [1.165, 1.54) is 12.8 Å². The number of halogens is 1. The van der Waals surface area contributed by atoms with Gasteiger partial charge in [-0.1, -0.05) is 49.6 Å². The summed E-state index contributed by atoms with van der Waals surface area (Å²) in [5, 5.41) is 4.35. The highest BCUT2D eigenvalue weighted by Gasteiger charge is 2.26. The molecular formula is C17H19ClN2O. The van der Waals surface area contributed by atoms with Crippen LogP contribution in [0.1, 0.15) is 43.0 Å². The van der Waals surface area contributed by atoms with E-state index in [-0.39, 0.29) is 11.9 Å². The Balaban J connectivity index is 1.86. The quantitative estimate of drug-likeness (QED) is 0.841. The second-order valence-corrected chi connectivity index (χ2v) is 6.15. The van der Waals surface area contributed by atoms with Crippen LogP contribution in [0.5, 0.6) is 0 Å².